The maximum Gasteiger partial charge on any atom is 0.262 e. The molecule has 0 aliphatic carbocycles. The number of aliphatic hydroxyl groups is 2. The molecule has 2 aromatic rings. The fourth-order valence-corrected chi connectivity index (χ4v) is 3.18. The molecule has 1 fully saturated rings. The number of halogens is 1. The molecular formula is C11H13IN4O4. The number of hydrogen-bond donors (Lipinski definition) is 4. The molecule has 0 amide bonds. The van der Waals surface area contributed by atoms with Crippen molar-refractivity contribution in [3.8, 4) is 0 Å². The van der Waals surface area contributed by atoms with Crippen molar-refractivity contribution < 1.29 is 14.9 Å². The molecule has 1 aliphatic rings. The number of fused-ring (bicyclic) bond motifs is 1. The van der Waals surface area contributed by atoms with Gasteiger partial charge in [0.15, 0.2) is 5.65 Å². The van der Waals surface area contributed by atoms with Gasteiger partial charge in [0.2, 0.25) is 5.95 Å². The standard InChI is InChI=1S/C11H13IN4O4/c12-4-2-16(7-1-5(18)6(3-17)20-7)9-8(4)10(19)15-11(13)14-9/h2,5-7,17-18H,1,3H2,(H3,13,14,15,19)/t5-,6+,7+/m0/s1. The van der Waals surface area contributed by atoms with Crippen molar-refractivity contribution in [2.24, 2.45) is 0 Å². The van der Waals surface area contributed by atoms with Gasteiger partial charge in [-0.15, -0.1) is 0 Å². The van der Waals surface area contributed by atoms with Crippen LogP contribution in [-0.4, -0.2) is 43.6 Å². The van der Waals surface area contributed by atoms with Gasteiger partial charge in [0.1, 0.15) is 12.3 Å². The van der Waals surface area contributed by atoms with Gasteiger partial charge in [-0.3, -0.25) is 9.78 Å². The number of aliphatic hydroxyl groups excluding tert-OH is 2. The average molecular weight is 392 g/mol. The van der Waals surface area contributed by atoms with Crippen LogP contribution in [0.2, 0.25) is 0 Å². The van der Waals surface area contributed by atoms with Crippen molar-refractivity contribution in [3.63, 3.8) is 0 Å². The molecule has 0 spiro atoms. The van der Waals surface area contributed by atoms with E-state index < -0.39 is 18.4 Å². The number of aromatic nitrogens is 3. The molecule has 3 rings (SSSR count). The minimum absolute atomic E-state index is 0.0236. The lowest BCUT2D eigenvalue weighted by Crippen LogP contribution is -2.24. The predicted octanol–water partition coefficient (Wildman–Crippen LogP) is -0.448. The first-order chi connectivity index (χ1) is 9.51. The van der Waals surface area contributed by atoms with Crippen molar-refractivity contribution in [2.75, 3.05) is 12.3 Å². The molecule has 9 heteroatoms. The Morgan fingerprint density at radius 1 is 1.65 bits per heavy atom. The quantitative estimate of drug-likeness (QED) is 0.513. The fourth-order valence-electron chi connectivity index (χ4n) is 2.40. The van der Waals surface area contributed by atoms with E-state index in [1.54, 1.807) is 10.8 Å². The molecule has 0 bridgehead atoms. The van der Waals surface area contributed by atoms with Crippen LogP contribution >= 0.6 is 22.6 Å². The largest absolute Gasteiger partial charge is 0.394 e. The first-order valence-corrected chi connectivity index (χ1v) is 7.09. The van der Waals surface area contributed by atoms with Crippen molar-refractivity contribution in [2.45, 2.75) is 24.9 Å². The molecule has 1 saturated heterocycles. The van der Waals surface area contributed by atoms with Crippen LogP contribution in [0.5, 0.6) is 0 Å². The summed E-state index contributed by atoms with van der Waals surface area (Å²) in [6.45, 7) is -0.260. The highest BCUT2D eigenvalue weighted by Gasteiger charge is 2.35. The van der Waals surface area contributed by atoms with E-state index in [0.29, 0.717) is 17.5 Å². The summed E-state index contributed by atoms with van der Waals surface area (Å²) >= 11 is 2.03. The summed E-state index contributed by atoms with van der Waals surface area (Å²) < 4.78 is 7.96. The number of rotatable bonds is 2. The highest BCUT2D eigenvalue weighted by molar-refractivity contribution is 14.1. The van der Waals surface area contributed by atoms with E-state index in [4.69, 9.17) is 15.6 Å². The lowest BCUT2D eigenvalue weighted by Gasteiger charge is -2.14. The molecule has 3 heterocycles. The Balaban J connectivity index is 2.11. The molecule has 2 aromatic heterocycles. The summed E-state index contributed by atoms with van der Waals surface area (Å²) in [7, 11) is 0. The minimum Gasteiger partial charge on any atom is -0.394 e. The third-order valence-corrected chi connectivity index (χ3v) is 4.17. The first kappa shape index (κ1) is 13.8. The van der Waals surface area contributed by atoms with Crippen LogP contribution in [0.15, 0.2) is 11.0 Å². The summed E-state index contributed by atoms with van der Waals surface area (Å²) in [5, 5.41) is 19.4. The molecular weight excluding hydrogens is 379 g/mol. The van der Waals surface area contributed by atoms with Crippen molar-refractivity contribution in [3.05, 3.63) is 20.1 Å². The molecule has 3 atom stereocenters. The van der Waals surface area contributed by atoms with E-state index in [0.717, 1.165) is 3.57 Å². The molecule has 0 saturated carbocycles. The van der Waals surface area contributed by atoms with E-state index in [1.165, 1.54) is 0 Å². The molecule has 8 nitrogen and oxygen atoms in total. The van der Waals surface area contributed by atoms with Crippen molar-refractivity contribution in [1.29, 1.82) is 0 Å². The Bertz CT molecular complexity index is 712. The van der Waals surface area contributed by atoms with Crippen LogP contribution in [-0.2, 0) is 4.74 Å². The van der Waals surface area contributed by atoms with Crippen LogP contribution in [0.25, 0.3) is 11.0 Å². The van der Waals surface area contributed by atoms with Crippen LogP contribution in [0.3, 0.4) is 0 Å². The van der Waals surface area contributed by atoms with Crippen molar-refractivity contribution >= 4 is 39.6 Å². The second kappa shape index (κ2) is 4.98. The summed E-state index contributed by atoms with van der Waals surface area (Å²) in [6, 6.07) is 0. The normalized spacial score (nSPS) is 26.4. The van der Waals surface area contributed by atoms with E-state index >= 15 is 0 Å². The van der Waals surface area contributed by atoms with Gasteiger partial charge in [0.05, 0.1) is 18.1 Å². The molecule has 1 aliphatic heterocycles. The molecule has 5 N–H and O–H groups in total. The minimum atomic E-state index is -0.751. The summed E-state index contributed by atoms with van der Waals surface area (Å²) in [6.07, 6.45) is 0.180. The third-order valence-electron chi connectivity index (χ3n) is 3.35. The average Bonchev–Trinajstić information content (AvgIpc) is 2.90. The Morgan fingerprint density at radius 2 is 2.40 bits per heavy atom. The van der Waals surface area contributed by atoms with Gasteiger partial charge in [-0.25, -0.2) is 0 Å². The Kier molecular flexibility index (Phi) is 3.44. The summed E-state index contributed by atoms with van der Waals surface area (Å²) in [5.74, 6) is 0.0236. The highest BCUT2D eigenvalue weighted by Crippen LogP contribution is 2.32. The van der Waals surface area contributed by atoms with Gasteiger partial charge in [0.25, 0.3) is 5.56 Å². The predicted molar refractivity (Wildman–Crippen MR) is 79.1 cm³/mol. The lowest BCUT2D eigenvalue weighted by atomic mass is 10.2. The SMILES string of the molecule is Nc1nc2c(c(I)cn2[C@H]2C[C@H](O)[C@@H](CO)O2)c(=O)[nH]1. The number of ether oxygens (including phenoxy) is 1. The zero-order valence-electron chi connectivity index (χ0n) is 10.3. The van der Waals surface area contributed by atoms with E-state index in [-0.39, 0.29) is 18.1 Å². The second-order valence-electron chi connectivity index (χ2n) is 4.65. The van der Waals surface area contributed by atoms with Crippen LogP contribution in [0.1, 0.15) is 12.6 Å². The summed E-state index contributed by atoms with van der Waals surface area (Å²) in [5.41, 5.74) is 5.67. The van der Waals surface area contributed by atoms with Gasteiger partial charge < -0.3 is 25.3 Å². The number of nitrogen functional groups attached to an aromatic ring is 1. The monoisotopic (exact) mass is 392 g/mol. The van der Waals surface area contributed by atoms with Crippen LogP contribution in [0, 0.1) is 3.57 Å². The number of hydrogen-bond acceptors (Lipinski definition) is 6. The van der Waals surface area contributed by atoms with E-state index in [2.05, 4.69) is 9.97 Å². The summed E-state index contributed by atoms with van der Waals surface area (Å²) in [4.78, 5) is 18.5. The second-order valence-corrected chi connectivity index (χ2v) is 5.81. The Hall–Kier alpha value is -1.17. The number of anilines is 1. The molecule has 0 aromatic carbocycles. The van der Waals surface area contributed by atoms with Gasteiger partial charge in [0, 0.05) is 16.2 Å². The zero-order valence-corrected chi connectivity index (χ0v) is 12.4. The molecule has 0 unspecified atom stereocenters. The molecule has 0 radical (unpaired) electrons. The van der Waals surface area contributed by atoms with Crippen LogP contribution in [0.4, 0.5) is 5.95 Å². The smallest absolute Gasteiger partial charge is 0.262 e. The number of nitrogens with one attached hydrogen (secondary N) is 1. The first-order valence-electron chi connectivity index (χ1n) is 6.01. The van der Waals surface area contributed by atoms with E-state index in [9.17, 15) is 9.90 Å². The molecule has 20 heavy (non-hydrogen) atoms. The van der Waals surface area contributed by atoms with E-state index in [1.807, 2.05) is 22.6 Å². The van der Waals surface area contributed by atoms with Gasteiger partial charge in [-0.05, 0) is 22.6 Å². The van der Waals surface area contributed by atoms with Gasteiger partial charge in [-0.1, -0.05) is 0 Å². The Morgan fingerprint density at radius 3 is 3.05 bits per heavy atom. The number of nitrogens with zero attached hydrogens (tertiary/aromatic N) is 2. The number of nitrogens with two attached hydrogens (primary N) is 1. The maximum atomic E-state index is 11.9. The zero-order chi connectivity index (χ0) is 14.4. The van der Waals surface area contributed by atoms with Crippen LogP contribution < -0.4 is 11.3 Å². The third kappa shape index (κ3) is 2.10. The van der Waals surface area contributed by atoms with Gasteiger partial charge in [-0.2, -0.15) is 4.98 Å². The highest BCUT2D eigenvalue weighted by atomic mass is 127. The van der Waals surface area contributed by atoms with Crippen molar-refractivity contribution in [1.82, 2.24) is 14.5 Å². The maximum absolute atomic E-state index is 11.9. The lowest BCUT2D eigenvalue weighted by molar-refractivity contribution is -0.0430. The number of aromatic amines is 1. The number of H-pyrrole nitrogens is 1. The van der Waals surface area contributed by atoms with Gasteiger partial charge >= 0.3 is 0 Å². The Labute approximate surface area is 126 Å². The fraction of sp³-hybridized carbons (Fsp3) is 0.455. The topological polar surface area (TPSA) is 126 Å². The molecule has 108 valence electrons.